The maximum atomic E-state index is 12.1. The number of hydrogen-bond donors (Lipinski definition) is 2. The minimum absolute atomic E-state index is 0.246. The summed E-state index contributed by atoms with van der Waals surface area (Å²) in [6.07, 6.45) is 1.69. The Labute approximate surface area is 129 Å². The fourth-order valence-corrected chi connectivity index (χ4v) is 2.93. The van der Waals surface area contributed by atoms with E-state index in [1.165, 1.54) is 22.9 Å². The number of aromatic nitrogens is 3. The van der Waals surface area contributed by atoms with Crippen molar-refractivity contribution in [3.8, 4) is 0 Å². The second kappa shape index (κ2) is 5.98. The molecule has 0 aromatic carbocycles. The maximum absolute atomic E-state index is 12.1. The second-order valence-corrected chi connectivity index (χ2v) is 5.83. The molecule has 6 nitrogen and oxygen atoms in total. The summed E-state index contributed by atoms with van der Waals surface area (Å²) in [5, 5.41) is 8.87. The molecule has 0 radical (unpaired) electrons. The SMILES string of the molecule is Cc1cc(NC(=O)c2csc(Nc3ccccn3)n2)sn1. The van der Waals surface area contributed by atoms with Crippen LogP contribution >= 0.6 is 22.9 Å². The summed E-state index contributed by atoms with van der Waals surface area (Å²) < 4.78 is 4.11. The number of anilines is 3. The monoisotopic (exact) mass is 317 g/mol. The lowest BCUT2D eigenvalue weighted by Crippen LogP contribution is -2.11. The minimum atomic E-state index is -0.246. The van der Waals surface area contributed by atoms with Crippen LogP contribution < -0.4 is 10.6 Å². The molecular formula is C13H11N5OS2. The Morgan fingerprint density at radius 1 is 1.33 bits per heavy atom. The van der Waals surface area contributed by atoms with Gasteiger partial charge >= 0.3 is 0 Å². The molecule has 0 fully saturated rings. The third-order valence-corrected chi connectivity index (χ3v) is 4.06. The van der Waals surface area contributed by atoms with Crippen molar-refractivity contribution in [2.75, 3.05) is 10.6 Å². The van der Waals surface area contributed by atoms with Gasteiger partial charge in [0, 0.05) is 11.6 Å². The van der Waals surface area contributed by atoms with Crippen LogP contribution in [0.2, 0.25) is 0 Å². The van der Waals surface area contributed by atoms with Crippen molar-refractivity contribution in [2.24, 2.45) is 0 Å². The fourth-order valence-electron chi connectivity index (χ4n) is 1.58. The number of aryl methyl sites for hydroxylation is 1. The number of pyridine rings is 1. The molecular weight excluding hydrogens is 306 g/mol. The molecule has 3 rings (SSSR count). The Bertz CT molecular complexity index is 753. The zero-order chi connectivity index (χ0) is 14.7. The molecule has 0 atom stereocenters. The third-order valence-electron chi connectivity index (χ3n) is 2.50. The third kappa shape index (κ3) is 3.41. The quantitative estimate of drug-likeness (QED) is 0.772. The van der Waals surface area contributed by atoms with Gasteiger partial charge in [0.15, 0.2) is 5.13 Å². The largest absolute Gasteiger partial charge is 0.316 e. The number of hydrogen-bond acceptors (Lipinski definition) is 7. The number of nitrogens with zero attached hydrogens (tertiary/aromatic N) is 3. The van der Waals surface area contributed by atoms with Gasteiger partial charge in [-0.05, 0) is 36.7 Å². The summed E-state index contributed by atoms with van der Waals surface area (Å²) in [4.78, 5) is 20.5. The Morgan fingerprint density at radius 2 is 2.24 bits per heavy atom. The Balaban J connectivity index is 1.68. The molecule has 0 aliphatic heterocycles. The first-order valence-corrected chi connectivity index (χ1v) is 7.74. The van der Waals surface area contributed by atoms with Crippen molar-refractivity contribution < 1.29 is 4.79 Å². The molecule has 8 heteroatoms. The van der Waals surface area contributed by atoms with Crippen LogP contribution in [0.4, 0.5) is 16.0 Å². The molecule has 0 aliphatic carbocycles. The Kier molecular flexibility index (Phi) is 3.89. The molecule has 0 unspecified atom stereocenters. The predicted molar refractivity (Wildman–Crippen MR) is 84.4 cm³/mol. The Hall–Kier alpha value is -2.32. The van der Waals surface area contributed by atoms with Crippen molar-refractivity contribution in [3.05, 3.63) is 47.2 Å². The van der Waals surface area contributed by atoms with E-state index in [1.807, 2.05) is 31.2 Å². The van der Waals surface area contributed by atoms with Crippen molar-refractivity contribution in [1.29, 1.82) is 0 Å². The van der Waals surface area contributed by atoms with Gasteiger partial charge in [-0.3, -0.25) is 4.79 Å². The highest BCUT2D eigenvalue weighted by Crippen LogP contribution is 2.21. The number of carbonyl (C=O) groups is 1. The lowest BCUT2D eigenvalue weighted by molar-refractivity contribution is 0.102. The van der Waals surface area contributed by atoms with Gasteiger partial charge in [0.05, 0.1) is 5.69 Å². The summed E-state index contributed by atoms with van der Waals surface area (Å²) in [6.45, 7) is 1.88. The van der Waals surface area contributed by atoms with Gasteiger partial charge in [-0.2, -0.15) is 4.37 Å². The van der Waals surface area contributed by atoms with Gasteiger partial charge in [-0.25, -0.2) is 9.97 Å². The lowest BCUT2D eigenvalue weighted by Gasteiger charge is -2.00. The maximum Gasteiger partial charge on any atom is 0.275 e. The molecule has 0 spiro atoms. The highest BCUT2D eigenvalue weighted by Gasteiger charge is 2.12. The van der Waals surface area contributed by atoms with E-state index in [0.29, 0.717) is 21.6 Å². The molecule has 3 aromatic rings. The van der Waals surface area contributed by atoms with Gasteiger partial charge in [0.2, 0.25) is 0 Å². The minimum Gasteiger partial charge on any atom is -0.316 e. The van der Waals surface area contributed by atoms with Gasteiger partial charge in [-0.1, -0.05) is 6.07 Å². The van der Waals surface area contributed by atoms with E-state index in [-0.39, 0.29) is 5.91 Å². The van der Waals surface area contributed by atoms with Crippen LogP contribution in [0.15, 0.2) is 35.8 Å². The van der Waals surface area contributed by atoms with E-state index in [1.54, 1.807) is 11.6 Å². The zero-order valence-electron chi connectivity index (χ0n) is 11.0. The van der Waals surface area contributed by atoms with Crippen molar-refractivity contribution in [1.82, 2.24) is 14.3 Å². The molecule has 0 aliphatic rings. The summed E-state index contributed by atoms with van der Waals surface area (Å²) in [7, 11) is 0. The second-order valence-electron chi connectivity index (χ2n) is 4.16. The van der Waals surface area contributed by atoms with E-state index in [9.17, 15) is 4.79 Å². The van der Waals surface area contributed by atoms with E-state index >= 15 is 0 Å². The highest BCUT2D eigenvalue weighted by molar-refractivity contribution is 7.14. The summed E-state index contributed by atoms with van der Waals surface area (Å²) >= 11 is 2.60. The first-order chi connectivity index (χ1) is 10.2. The van der Waals surface area contributed by atoms with Crippen LogP contribution in [-0.2, 0) is 0 Å². The van der Waals surface area contributed by atoms with Crippen molar-refractivity contribution in [2.45, 2.75) is 6.92 Å². The van der Waals surface area contributed by atoms with Crippen LogP contribution in [0.5, 0.6) is 0 Å². The van der Waals surface area contributed by atoms with Gasteiger partial charge in [-0.15, -0.1) is 11.3 Å². The number of amides is 1. The van der Waals surface area contributed by atoms with Crippen LogP contribution in [0.25, 0.3) is 0 Å². The van der Waals surface area contributed by atoms with E-state index in [4.69, 9.17) is 0 Å². The molecule has 0 saturated carbocycles. The fraction of sp³-hybridized carbons (Fsp3) is 0.0769. The number of carbonyl (C=O) groups excluding carboxylic acids is 1. The molecule has 21 heavy (non-hydrogen) atoms. The van der Waals surface area contributed by atoms with Gasteiger partial charge < -0.3 is 10.6 Å². The average molecular weight is 317 g/mol. The summed E-state index contributed by atoms with van der Waals surface area (Å²) in [6, 6.07) is 7.37. The lowest BCUT2D eigenvalue weighted by atomic mass is 10.4. The topological polar surface area (TPSA) is 79.8 Å². The molecule has 106 valence electrons. The Morgan fingerprint density at radius 3 is 2.95 bits per heavy atom. The predicted octanol–water partition coefficient (Wildman–Crippen LogP) is 3.30. The van der Waals surface area contributed by atoms with Gasteiger partial charge in [0.1, 0.15) is 16.5 Å². The average Bonchev–Trinajstić information content (AvgIpc) is 3.09. The van der Waals surface area contributed by atoms with E-state index in [2.05, 4.69) is 25.0 Å². The standard InChI is InChI=1S/C13H11N5OS2/c1-8-6-11(21-18-8)17-12(19)9-7-20-13(15-9)16-10-4-2-3-5-14-10/h2-7H,1H3,(H,17,19)(H,14,15,16). The molecule has 0 saturated heterocycles. The smallest absolute Gasteiger partial charge is 0.275 e. The van der Waals surface area contributed by atoms with Crippen LogP contribution in [0, 0.1) is 6.92 Å². The molecule has 0 bridgehead atoms. The molecule has 1 amide bonds. The number of thiazole rings is 1. The first kappa shape index (κ1) is 13.7. The molecule has 3 aromatic heterocycles. The van der Waals surface area contributed by atoms with Gasteiger partial charge in [0.25, 0.3) is 5.91 Å². The van der Waals surface area contributed by atoms with Crippen LogP contribution in [0.1, 0.15) is 16.2 Å². The first-order valence-electron chi connectivity index (χ1n) is 6.09. The van der Waals surface area contributed by atoms with Crippen LogP contribution in [0.3, 0.4) is 0 Å². The molecule has 2 N–H and O–H groups in total. The zero-order valence-corrected chi connectivity index (χ0v) is 12.7. The number of rotatable bonds is 4. The van der Waals surface area contributed by atoms with Crippen molar-refractivity contribution in [3.63, 3.8) is 0 Å². The van der Waals surface area contributed by atoms with E-state index in [0.717, 1.165) is 5.69 Å². The summed E-state index contributed by atoms with van der Waals surface area (Å²) in [5.74, 6) is 0.445. The molecule has 3 heterocycles. The summed E-state index contributed by atoms with van der Waals surface area (Å²) in [5.41, 5.74) is 1.25. The highest BCUT2D eigenvalue weighted by atomic mass is 32.1. The van der Waals surface area contributed by atoms with E-state index < -0.39 is 0 Å². The normalized spacial score (nSPS) is 10.3. The van der Waals surface area contributed by atoms with Crippen molar-refractivity contribution >= 4 is 44.7 Å². The van der Waals surface area contributed by atoms with Crippen LogP contribution in [-0.4, -0.2) is 20.2 Å². The number of nitrogens with one attached hydrogen (secondary N) is 2.